The maximum Gasteiger partial charge on any atom is 0.331 e. The van der Waals surface area contributed by atoms with E-state index in [4.69, 9.17) is 4.74 Å². The van der Waals surface area contributed by atoms with Gasteiger partial charge in [-0.1, -0.05) is 6.92 Å². The van der Waals surface area contributed by atoms with Crippen LogP contribution in [-0.2, 0) is 14.3 Å². The van der Waals surface area contributed by atoms with E-state index in [0.717, 1.165) is 31.1 Å². The lowest BCUT2D eigenvalue weighted by Gasteiger charge is -2.62. The second-order valence-corrected chi connectivity index (χ2v) is 10.6. The molecule has 1 aliphatic heterocycles. The lowest BCUT2D eigenvalue weighted by Crippen LogP contribution is -2.63. The van der Waals surface area contributed by atoms with E-state index >= 15 is 0 Å². The van der Waals surface area contributed by atoms with Gasteiger partial charge in [-0.3, -0.25) is 0 Å². The first-order valence-electron chi connectivity index (χ1n) is 11.2. The Bertz CT molecular complexity index is 762. The zero-order valence-electron chi connectivity index (χ0n) is 17.0. The molecule has 0 radical (unpaired) electrons. The fourth-order valence-corrected chi connectivity index (χ4v) is 8.39. The molecule has 29 heavy (non-hydrogen) atoms. The zero-order valence-corrected chi connectivity index (χ0v) is 17.0. The number of aliphatic hydroxyl groups is 3. The number of aliphatic hydroxyl groups excluding tert-OH is 2. The monoisotopic (exact) mass is 404 g/mol. The molecule has 0 aromatic heterocycles. The molecule has 6 heteroatoms. The fraction of sp³-hybridized carbons (Fsp3) is 0.826. The smallest absolute Gasteiger partial charge is 0.331 e. The molecule has 4 aliphatic carbocycles. The Hall–Kier alpha value is -1.24. The highest BCUT2D eigenvalue weighted by Crippen LogP contribution is 2.69. The van der Waals surface area contributed by atoms with Gasteiger partial charge in [0.05, 0.1) is 17.8 Å². The van der Waals surface area contributed by atoms with Crippen molar-refractivity contribution in [3.63, 3.8) is 0 Å². The standard InChI is InChI=1S/C23H32O6/c1-21-6-5-16-17(3-2-14-9-15(25)4-7-22(14,16)12-24)23(21,28)10-18(26)20(21)13-8-19(27)29-11-13/h8,12,14-18,20,25-26,28H,2-7,9-11H2,1H3. The van der Waals surface area contributed by atoms with Gasteiger partial charge >= 0.3 is 5.97 Å². The van der Waals surface area contributed by atoms with Gasteiger partial charge in [-0.15, -0.1) is 0 Å². The van der Waals surface area contributed by atoms with Gasteiger partial charge in [-0.05, 0) is 68.3 Å². The van der Waals surface area contributed by atoms with Crippen molar-refractivity contribution in [1.29, 1.82) is 0 Å². The van der Waals surface area contributed by atoms with Crippen molar-refractivity contribution in [3.8, 4) is 0 Å². The van der Waals surface area contributed by atoms with Crippen LogP contribution < -0.4 is 0 Å². The molecule has 0 spiro atoms. The number of aldehydes is 1. The summed E-state index contributed by atoms with van der Waals surface area (Å²) in [6, 6.07) is 0. The number of cyclic esters (lactones) is 1. The van der Waals surface area contributed by atoms with Gasteiger partial charge in [0.2, 0.25) is 0 Å². The molecule has 4 saturated carbocycles. The third-order valence-electron chi connectivity index (χ3n) is 9.70. The average molecular weight is 405 g/mol. The van der Waals surface area contributed by atoms with E-state index in [1.54, 1.807) is 0 Å². The molecule has 0 amide bonds. The van der Waals surface area contributed by atoms with Crippen LogP contribution in [0.3, 0.4) is 0 Å². The van der Waals surface area contributed by atoms with Gasteiger partial charge in [-0.2, -0.15) is 0 Å². The molecule has 1 heterocycles. The van der Waals surface area contributed by atoms with Crippen molar-refractivity contribution in [1.82, 2.24) is 0 Å². The fourth-order valence-electron chi connectivity index (χ4n) is 8.39. The van der Waals surface area contributed by atoms with E-state index in [-0.39, 0.29) is 48.8 Å². The summed E-state index contributed by atoms with van der Waals surface area (Å²) in [4.78, 5) is 24.1. The third-order valence-corrected chi connectivity index (χ3v) is 9.70. The van der Waals surface area contributed by atoms with Crippen molar-refractivity contribution >= 4 is 12.3 Å². The quantitative estimate of drug-likeness (QED) is 0.479. The van der Waals surface area contributed by atoms with Gasteiger partial charge in [0, 0.05) is 29.2 Å². The minimum Gasteiger partial charge on any atom is -0.458 e. The predicted molar refractivity (Wildman–Crippen MR) is 104 cm³/mol. The number of esters is 1. The summed E-state index contributed by atoms with van der Waals surface area (Å²) in [5.41, 5.74) is -1.28. The maximum absolute atomic E-state index is 12.5. The number of hydrogen-bond acceptors (Lipinski definition) is 6. The third kappa shape index (κ3) is 2.45. The molecule has 5 rings (SSSR count). The van der Waals surface area contributed by atoms with Crippen LogP contribution in [0.25, 0.3) is 0 Å². The molecule has 0 saturated heterocycles. The summed E-state index contributed by atoms with van der Waals surface area (Å²) in [5.74, 6) is -0.440. The maximum atomic E-state index is 12.5. The molecule has 0 aromatic carbocycles. The number of fused-ring (bicyclic) bond motifs is 5. The van der Waals surface area contributed by atoms with Gasteiger partial charge in [-0.25, -0.2) is 4.79 Å². The summed E-state index contributed by atoms with van der Waals surface area (Å²) in [5, 5.41) is 33.3. The Morgan fingerprint density at radius 3 is 2.62 bits per heavy atom. The van der Waals surface area contributed by atoms with Crippen molar-refractivity contribution in [2.75, 3.05) is 6.61 Å². The summed E-state index contributed by atoms with van der Waals surface area (Å²) in [6.45, 7) is 2.25. The van der Waals surface area contributed by atoms with Gasteiger partial charge in [0.25, 0.3) is 0 Å². The summed E-state index contributed by atoms with van der Waals surface area (Å²) in [6.07, 6.45) is 7.07. The number of carbonyl (C=O) groups is 2. The van der Waals surface area contributed by atoms with Crippen LogP contribution in [0, 0.1) is 34.5 Å². The Labute approximate surface area is 171 Å². The van der Waals surface area contributed by atoms with Crippen LogP contribution in [0.5, 0.6) is 0 Å². The molecular formula is C23H32O6. The Kier molecular flexibility index (Phi) is 4.34. The predicted octanol–water partition coefficient (Wildman–Crippen LogP) is 1.75. The molecule has 6 nitrogen and oxygen atoms in total. The minimum atomic E-state index is -1.07. The molecule has 0 bridgehead atoms. The number of hydrogen-bond donors (Lipinski definition) is 3. The highest BCUT2D eigenvalue weighted by Gasteiger charge is 2.70. The average Bonchev–Trinajstić information content (AvgIpc) is 3.18. The van der Waals surface area contributed by atoms with E-state index in [1.165, 1.54) is 6.08 Å². The highest BCUT2D eigenvalue weighted by molar-refractivity contribution is 5.85. The van der Waals surface area contributed by atoms with Gasteiger partial charge in [0.1, 0.15) is 12.9 Å². The summed E-state index contributed by atoms with van der Waals surface area (Å²) in [7, 11) is 0. The molecule has 160 valence electrons. The van der Waals surface area contributed by atoms with Crippen molar-refractivity contribution in [3.05, 3.63) is 11.6 Å². The molecular weight excluding hydrogens is 372 g/mol. The highest BCUT2D eigenvalue weighted by atomic mass is 16.5. The van der Waals surface area contributed by atoms with E-state index in [1.807, 2.05) is 0 Å². The molecule has 4 fully saturated rings. The van der Waals surface area contributed by atoms with Crippen LogP contribution in [-0.4, -0.2) is 52.0 Å². The van der Waals surface area contributed by atoms with E-state index < -0.39 is 22.5 Å². The lowest BCUT2D eigenvalue weighted by molar-refractivity contribution is -0.207. The SMILES string of the molecule is CC12CCC3C(CCC4CC(O)CCC43C=O)C1(O)CC(O)C2C1=CC(=O)OC1. The second-order valence-electron chi connectivity index (χ2n) is 10.6. The number of ether oxygens (including phenoxy) is 1. The van der Waals surface area contributed by atoms with Crippen LogP contribution in [0.2, 0.25) is 0 Å². The molecule has 5 aliphatic rings. The molecule has 3 N–H and O–H groups in total. The minimum absolute atomic E-state index is 0.0452. The largest absolute Gasteiger partial charge is 0.458 e. The molecule has 9 unspecified atom stereocenters. The second kappa shape index (κ2) is 6.38. The Morgan fingerprint density at radius 2 is 1.93 bits per heavy atom. The van der Waals surface area contributed by atoms with E-state index in [9.17, 15) is 24.9 Å². The van der Waals surface area contributed by atoms with Crippen LogP contribution in [0.15, 0.2) is 11.6 Å². The first kappa shape index (κ1) is 19.7. The van der Waals surface area contributed by atoms with Gasteiger partial charge < -0.3 is 24.9 Å². The first-order chi connectivity index (χ1) is 13.7. The van der Waals surface area contributed by atoms with E-state index in [0.29, 0.717) is 25.7 Å². The van der Waals surface area contributed by atoms with Crippen LogP contribution >= 0.6 is 0 Å². The van der Waals surface area contributed by atoms with E-state index in [2.05, 4.69) is 6.92 Å². The lowest BCUT2D eigenvalue weighted by atomic mass is 9.43. The topological polar surface area (TPSA) is 104 Å². The van der Waals surface area contributed by atoms with Crippen LogP contribution in [0.4, 0.5) is 0 Å². The Morgan fingerprint density at radius 1 is 1.14 bits per heavy atom. The van der Waals surface area contributed by atoms with Crippen LogP contribution in [0.1, 0.15) is 58.3 Å². The normalized spacial score (nSPS) is 54.1. The zero-order chi connectivity index (χ0) is 20.6. The molecule has 9 atom stereocenters. The summed E-state index contributed by atoms with van der Waals surface area (Å²) >= 11 is 0. The van der Waals surface area contributed by atoms with Crippen molar-refractivity contribution in [2.24, 2.45) is 34.5 Å². The van der Waals surface area contributed by atoms with Crippen molar-refractivity contribution in [2.45, 2.75) is 76.1 Å². The first-order valence-corrected chi connectivity index (χ1v) is 11.2. The van der Waals surface area contributed by atoms with Gasteiger partial charge in [0.15, 0.2) is 0 Å². The number of rotatable bonds is 2. The number of carbonyl (C=O) groups excluding carboxylic acids is 2. The van der Waals surface area contributed by atoms with Crippen molar-refractivity contribution < 1.29 is 29.6 Å². The summed E-state index contributed by atoms with van der Waals surface area (Å²) < 4.78 is 5.11. The Balaban J connectivity index is 1.52. The molecule has 0 aromatic rings.